The second kappa shape index (κ2) is 8.72. The van der Waals surface area contributed by atoms with Crippen LogP contribution in [0, 0.1) is 0 Å². The van der Waals surface area contributed by atoms with Crippen LogP contribution in [0.15, 0.2) is 46.9 Å². The molecule has 1 atom stereocenters. The zero-order valence-electron chi connectivity index (χ0n) is 14.6. The molecular weight excluding hydrogens is 416 g/mol. The maximum atomic E-state index is 11.2. The first kappa shape index (κ1) is 19.6. The molecule has 1 aliphatic heterocycles. The van der Waals surface area contributed by atoms with Crippen LogP contribution in [0.3, 0.4) is 0 Å². The number of ether oxygens (including phenoxy) is 1. The molecule has 1 aliphatic rings. The zero-order valence-corrected chi connectivity index (χ0v) is 16.9. The van der Waals surface area contributed by atoms with Crippen molar-refractivity contribution in [1.82, 2.24) is 5.32 Å². The summed E-state index contributed by atoms with van der Waals surface area (Å²) in [5.41, 5.74) is 7.26. The van der Waals surface area contributed by atoms with E-state index in [0.29, 0.717) is 31.0 Å². The van der Waals surface area contributed by atoms with Crippen LogP contribution in [0.1, 0.15) is 29.9 Å². The molecule has 1 heterocycles. The Kier molecular flexibility index (Phi) is 6.59. The van der Waals surface area contributed by atoms with E-state index in [9.17, 15) is 5.11 Å². The fourth-order valence-corrected chi connectivity index (χ4v) is 4.01. The van der Waals surface area contributed by atoms with Crippen LogP contribution in [-0.2, 0) is 6.61 Å². The summed E-state index contributed by atoms with van der Waals surface area (Å²) in [6.07, 6.45) is 1.36. The van der Waals surface area contributed by atoms with Crippen LogP contribution in [0.5, 0.6) is 5.75 Å². The third kappa shape index (κ3) is 4.59. The van der Waals surface area contributed by atoms with Gasteiger partial charge in [0.1, 0.15) is 12.4 Å². The number of benzene rings is 2. The van der Waals surface area contributed by atoms with E-state index in [-0.39, 0.29) is 5.92 Å². The number of hydrogen-bond acceptors (Lipinski definition) is 4. The topological polar surface area (TPSA) is 67.5 Å². The van der Waals surface area contributed by atoms with Crippen molar-refractivity contribution in [3.63, 3.8) is 0 Å². The first-order valence-electron chi connectivity index (χ1n) is 8.82. The Morgan fingerprint density at radius 1 is 1.19 bits per heavy atom. The lowest BCUT2D eigenvalue weighted by Crippen LogP contribution is -2.48. The molecule has 2 aromatic carbocycles. The van der Waals surface area contributed by atoms with Gasteiger partial charge in [-0.2, -0.15) is 0 Å². The molecule has 3 rings (SSSR count). The molecule has 0 spiro atoms. The molecule has 0 radical (unpaired) electrons. The van der Waals surface area contributed by atoms with Gasteiger partial charge < -0.3 is 20.9 Å². The Labute approximate surface area is 167 Å². The van der Waals surface area contributed by atoms with Gasteiger partial charge in [0.15, 0.2) is 0 Å². The summed E-state index contributed by atoms with van der Waals surface area (Å²) in [7, 11) is 0. The monoisotopic (exact) mass is 438 g/mol. The highest BCUT2D eigenvalue weighted by molar-refractivity contribution is 9.10. The first-order valence-corrected chi connectivity index (χ1v) is 9.99. The zero-order chi connectivity index (χ0) is 18.6. The van der Waals surface area contributed by atoms with Crippen LogP contribution in [0.25, 0.3) is 0 Å². The minimum Gasteiger partial charge on any atom is -0.489 e. The van der Waals surface area contributed by atoms with Crippen molar-refractivity contribution < 1.29 is 9.84 Å². The van der Waals surface area contributed by atoms with E-state index in [0.717, 1.165) is 34.4 Å². The van der Waals surface area contributed by atoms with Crippen LogP contribution in [0.4, 0.5) is 0 Å². The summed E-state index contributed by atoms with van der Waals surface area (Å²) in [5, 5.41) is 15.2. The lowest BCUT2D eigenvalue weighted by molar-refractivity contribution is -0.0141. The Balaban J connectivity index is 1.85. The third-order valence-corrected chi connectivity index (χ3v) is 5.75. The molecule has 140 valence electrons. The molecule has 0 amide bonds. The van der Waals surface area contributed by atoms with Gasteiger partial charge in [-0.1, -0.05) is 39.7 Å². The van der Waals surface area contributed by atoms with Gasteiger partial charge in [-0.05, 0) is 61.8 Å². The summed E-state index contributed by atoms with van der Waals surface area (Å²) in [6.45, 7) is 2.39. The van der Waals surface area contributed by atoms with Gasteiger partial charge in [-0.15, -0.1) is 0 Å². The van der Waals surface area contributed by atoms with Crippen LogP contribution in [0.2, 0.25) is 5.02 Å². The molecule has 26 heavy (non-hydrogen) atoms. The average molecular weight is 440 g/mol. The van der Waals surface area contributed by atoms with E-state index < -0.39 is 5.60 Å². The first-order chi connectivity index (χ1) is 12.5. The number of halogens is 2. The summed E-state index contributed by atoms with van der Waals surface area (Å²) in [6, 6.07) is 13.5. The summed E-state index contributed by atoms with van der Waals surface area (Å²) in [5.74, 6) is 0.577. The highest BCUT2D eigenvalue weighted by Gasteiger charge is 2.39. The van der Waals surface area contributed by atoms with Gasteiger partial charge in [-0.25, -0.2) is 0 Å². The van der Waals surface area contributed by atoms with Gasteiger partial charge in [0.2, 0.25) is 0 Å². The molecule has 6 heteroatoms. The molecule has 1 saturated heterocycles. The quantitative estimate of drug-likeness (QED) is 0.640. The normalized spacial score (nSPS) is 17.7. The Morgan fingerprint density at radius 3 is 2.54 bits per heavy atom. The second-order valence-corrected chi connectivity index (χ2v) is 8.09. The minimum absolute atomic E-state index is 0.178. The number of nitrogens with two attached hydrogens (primary N) is 1. The maximum Gasteiger partial charge on any atom is 0.123 e. The fourth-order valence-electron chi connectivity index (χ4n) is 3.51. The molecule has 0 bridgehead atoms. The molecule has 1 fully saturated rings. The molecule has 4 nitrogen and oxygen atoms in total. The van der Waals surface area contributed by atoms with E-state index in [1.54, 1.807) is 0 Å². The second-order valence-electron chi connectivity index (χ2n) is 6.74. The summed E-state index contributed by atoms with van der Waals surface area (Å²) < 4.78 is 7.04. The van der Waals surface area contributed by atoms with E-state index in [1.807, 2.05) is 42.5 Å². The van der Waals surface area contributed by atoms with Gasteiger partial charge in [-0.3, -0.25) is 0 Å². The molecule has 0 saturated carbocycles. The van der Waals surface area contributed by atoms with Crippen molar-refractivity contribution in [2.45, 2.75) is 31.0 Å². The Hall–Kier alpha value is -1.11. The lowest BCUT2D eigenvalue weighted by Gasteiger charge is -2.39. The number of rotatable bonds is 6. The largest absolute Gasteiger partial charge is 0.489 e. The number of nitrogens with one attached hydrogen (secondary N) is 1. The molecule has 2 aromatic rings. The van der Waals surface area contributed by atoms with E-state index in [1.165, 1.54) is 0 Å². The Bertz CT molecular complexity index is 733. The van der Waals surface area contributed by atoms with E-state index in [2.05, 4.69) is 21.2 Å². The van der Waals surface area contributed by atoms with Gasteiger partial charge in [0.05, 0.1) is 5.60 Å². The SMILES string of the molecule is NCC(c1cc(Br)ccc1OCc1ccc(Cl)cc1)C1(O)CCNCC1. The van der Waals surface area contributed by atoms with Gasteiger partial charge >= 0.3 is 0 Å². The predicted molar refractivity (Wildman–Crippen MR) is 109 cm³/mol. The van der Waals surface area contributed by atoms with Crippen molar-refractivity contribution in [1.29, 1.82) is 0 Å². The van der Waals surface area contributed by atoms with Crippen molar-refractivity contribution in [3.8, 4) is 5.75 Å². The minimum atomic E-state index is -0.820. The number of hydrogen-bond donors (Lipinski definition) is 3. The van der Waals surface area contributed by atoms with Crippen LogP contribution < -0.4 is 15.8 Å². The number of aliphatic hydroxyl groups is 1. The van der Waals surface area contributed by atoms with Gasteiger partial charge in [0, 0.05) is 27.5 Å². The molecular formula is C20H24BrClN2O2. The molecule has 4 N–H and O–H groups in total. The van der Waals surface area contributed by atoms with Crippen molar-refractivity contribution >= 4 is 27.5 Å². The van der Waals surface area contributed by atoms with Crippen molar-refractivity contribution in [3.05, 3.63) is 63.1 Å². The fraction of sp³-hybridized carbons (Fsp3) is 0.400. The van der Waals surface area contributed by atoms with E-state index in [4.69, 9.17) is 22.1 Å². The van der Waals surface area contributed by atoms with E-state index >= 15 is 0 Å². The van der Waals surface area contributed by atoms with Crippen LogP contribution in [-0.4, -0.2) is 30.3 Å². The standard InChI is InChI=1S/C20H24BrClN2O2/c21-15-3-6-19(26-13-14-1-4-16(22)5-2-14)17(11-15)18(12-23)20(25)7-9-24-10-8-20/h1-6,11,18,24-25H,7-10,12-13,23H2. The van der Waals surface area contributed by atoms with Gasteiger partial charge in [0.25, 0.3) is 0 Å². The molecule has 0 aromatic heterocycles. The lowest BCUT2D eigenvalue weighted by atomic mass is 9.76. The predicted octanol–water partition coefficient (Wildman–Crippen LogP) is 3.84. The van der Waals surface area contributed by atoms with Crippen LogP contribution >= 0.6 is 27.5 Å². The summed E-state index contributed by atoms with van der Waals surface area (Å²) in [4.78, 5) is 0. The Morgan fingerprint density at radius 2 is 1.88 bits per heavy atom. The summed E-state index contributed by atoms with van der Waals surface area (Å²) >= 11 is 9.47. The average Bonchev–Trinajstić information content (AvgIpc) is 2.63. The smallest absolute Gasteiger partial charge is 0.123 e. The third-order valence-electron chi connectivity index (χ3n) is 5.01. The molecule has 0 aliphatic carbocycles. The number of piperidine rings is 1. The van der Waals surface area contributed by atoms with Crippen molar-refractivity contribution in [2.75, 3.05) is 19.6 Å². The molecule has 1 unspecified atom stereocenters. The highest BCUT2D eigenvalue weighted by atomic mass is 79.9. The van der Waals surface area contributed by atoms with Crippen molar-refractivity contribution in [2.24, 2.45) is 5.73 Å². The maximum absolute atomic E-state index is 11.2. The highest BCUT2D eigenvalue weighted by Crippen LogP contribution is 2.40.